The minimum atomic E-state index is -0.567. The number of carbonyl (C=O) groups is 1. The number of amides is 1. The SMILES string of the molecule is CC1CCN(c2ccc(NC(=O)c3ccc(OCCCCl)c([N+](=O)[O-])c3)cn2)CC1. The van der Waals surface area contributed by atoms with Gasteiger partial charge in [0.25, 0.3) is 5.91 Å². The number of carbonyl (C=O) groups excluding carboxylic acids is 1. The maximum absolute atomic E-state index is 12.6. The number of nitrogens with one attached hydrogen (secondary N) is 1. The molecule has 1 amide bonds. The summed E-state index contributed by atoms with van der Waals surface area (Å²) in [6, 6.07) is 7.80. The number of anilines is 2. The van der Waals surface area contributed by atoms with Gasteiger partial charge < -0.3 is 15.0 Å². The molecule has 8 nitrogen and oxygen atoms in total. The highest BCUT2D eigenvalue weighted by Gasteiger charge is 2.20. The summed E-state index contributed by atoms with van der Waals surface area (Å²) in [7, 11) is 0. The van der Waals surface area contributed by atoms with Gasteiger partial charge >= 0.3 is 5.69 Å². The van der Waals surface area contributed by atoms with Gasteiger partial charge in [0.1, 0.15) is 5.82 Å². The lowest BCUT2D eigenvalue weighted by Crippen LogP contribution is -2.33. The van der Waals surface area contributed by atoms with Gasteiger partial charge in [0.05, 0.1) is 23.4 Å². The van der Waals surface area contributed by atoms with Gasteiger partial charge in [-0.15, -0.1) is 11.6 Å². The second kappa shape index (κ2) is 10.2. The van der Waals surface area contributed by atoms with Gasteiger partial charge in [-0.2, -0.15) is 0 Å². The zero-order valence-corrected chi connectivity index (χ0v) is 17.6. The molecule has 160 valence electrons. The Labute approximate surface area is 180 Å². The molecule has 0 spiro atoms. The van der Waals surface area contributed by atoms with E-state index in [4.69, 9.17) is 16.3 Å². The Morgan fingerprint density at radius 2 is 2.10 bits per heavy atom. The number of ether oxygens (including phenoxy) is 1. The van der Waals surface area contributed by atoms with E-state index < -0.39 is 10.8 Å². The molecule has 0 unspecified atom stereocenters. The smallest absolute Gasteiger partial charge is 0.311 e. The molecule has 0 radical (unpaired) electrons. The predicted octanol–water partition coefficient (Wildman–Crippen LogP) is 4.49. The van der Waals surface area contributed by atoms with Crippen LogP contribution in [0.5, 0.6) is 5.75 Å². The Kier molecular flexibility index (Phi) is 7.46. The van der Waals surface area contributed by atoms with Crippen molar-refractivity contribution in [2.45, 2.75) is 26.2 Å². The topological polar surface area (TPSA) is 97.6 Å². The molecular weight excluding hydrogens is 408 g/mol. The Morgan fingerprint density at radius 3 is 2.73 bits per heavy atom. The number of hydrogen-bond acceptors (Lipinski definition) is 6. The lowest BCUT2D eigenvalue weighted by molar-refractivity contribution is -0.385. The van der Waals surface area contributed by atoms with Crippen molar-refractivity contribution in [3.05, 3.63) is 52.2 Å². The summed E-state index contributed by atoms with van der Waals surface area (Å²) < 4.78 is 5.40. The molecule has 1 N–H and O–H groups in total. The van der Waals surface area contributed by atoms with Crippen LogP contribution >= 0.6 is 11.6 Å². The molecule has 0 saturated carbocycles. The van der Waals surface area contributed by atoms with E-state index in [-0.39, 0.29) is 23.6 Å². The number of pyridine rings is 1. The molecule has 3 rings (SSSR count). The van der Waals surface area contributed by atoms with Gasteiger partial charge in [0.2, 0.25) is 0 Å². The number of alkyl halides is 1. The van der Waals surface area contributed by atoms with Crippen molar-refractivity contribution >= 4 is 34.7 Å². The average molecular weight is 433 g/mol. The number of nitro groups is 1. The lowest BCUT2D eigenvalue weighted by atomic mass is 9.99. The molecule has 9 heteroatoms. The van der Waals surface area contributed by atoms with Crippen LogP contribution in [0.3, 0.4) is 0 Å². The highest BCUT2D eigenvalue weighted by molar-refractivity contribution is 6.17. The van der Waals surface area contributed by atoms with Gasteiger partial charge in [0, 0.05) is 30.6 Å². The number of aromatic nitrogens is 1. The van der Waals surface area contributed by atoms with E-state index in [1.165, 1.54) is 18.2 Å². The van der Waals surface area contributed by atoms with Crippen molar-refractivity contribution in [1.82, 2.24) is 4.98 Å². The molecule has 1 aliphatic rings. The molecule has 2 heterocycles. The summed E-state index contributed by atoms with van der Waals surface area (Å²) >= 11 is 5.60. The summed E-state index contributed by atoms with van der Waals surface area (Å²) in [5, 5.41) is 14.1. The van der Waals surface area contributed by atoms with Crippen molar-refractivity contribution in [1.29, 1.82) is 0 Å². The van der Waals surface area contributed by atoms with Crippen LogP contribution in [-0.4, -0.2) is 41.4 Å². The number of piperidine rings is 1. The fraction of sp³-hybridized carbons (Fsp3) is 0.429. The number of hydrogen-bond donors (Lipinski definition) is 1. The van der Waals surface area contributed by atoms with Gasteiger partial charge in [-0.3, -0.25) is 14.9 Å². The molecule has 30 heavy (non-hydrogen) atoms. The minimum Gasteiger partial charge on any atom is -0.487 e. The van der Waals surface area contributed by atoms with Gasteiger partial charge in [0.15, 0.2) is 5.75 Å². The Hall–Kier alpha value is -2.87. The van der Waals surface area contributed by atoms with Crippen molar-refractivity contribution in [2.75, 3.05) is 35.8 Å². The van der Waals surface area contributed by atoms with Crippen LogP contribution in [0, 0.1) is 16.0 Å². The molecule has 0 bridgehead atoms. The van der Waals surface area contributed by atoms with Crippen LogP contribution < -0.4 is 15.0 Å². The third-order valence-corrected chi connectivity index (χ3v) is 5.33. The molecule has 1 saturated heterocycles. The van der Waals surface area contributed by atoms with Crippen molar-refractivity contribution in [3.8, 4) is 5.75 Å². The third-order valence-electron chi connectivity index (χ3n) is 5.07. The molecule has 1 aromatic carbocycles. The fourth-order valence-electron chi connectivity index (χ4n) is 3.25. The molecule has 0 aliphatic carbocycles. The average Bonchev–Trinajstić information content (AvgIpc) is 2.75. The third kappa shape index (κ3) is 5.60. The van der Waals surface area contributed by atoms with Crippen LogP contribution in [0.25, 0.3) is 0 Å². The number of benzene rings is 1. The van der Waals surface area contributed by atoms with E-state index in [1.54, 1.807) is 12.3 Å². The lowest BCUT2D eigenvalue weighted by Gasteiger charge is -2.31. The van der Waals surface area contributed by atoms with Crippen molar-refractivity contribution in [2.24, 2.45) is 5.92 Å². The highest BCUT2D eigenvalue weighted by Crippen LogP contribution is 2.29. The molecule has 1 aromatic heterocycles. The largest absolute Gasteiger partial charge is 0.487 e. The van der Waals surface area contributed by atoms with E-state index >= 15 is 0 Å². The minimum absolute atomic E-state index is 0.114. The van der Waals surface area contributed by atoms with Crippen LogP contribution in [0.2, 0.25) is 0 Å². The summed E-state index contributed by atoms with van der Waals surface area (Å²) in [5.41, 5.74) is 0.435. The molecule has 2 aromatic rings. The van der Waals surface area contributed by atoms with E-state index in [9.17, 15) is 14.9 Å². The molecular formula is C21H25ClN4O4. The number of nitrogens with zero attached hydrogens (tertiary/aromatic N) is 3. The van der Waals surface area contributed by atoms with E-state index in [2.05, 4.69) is 22.1 Å². The maximum atomic E-state index is 12.6. The molecule has 1 fully saturated rings. The zero-order valence-electron chi connectivity index (χ0n) is 16.8. The first-order valence-corrected chi connectivity index (χ1v) is 10.5. The number of rotatable bonds is 8. The normalized spacial score (nSPS) is 14.4. The Morgan fingerprint density at radius 1 is 1.33 bits per heavy atom. The number of nitro benzene ring substituents is 1. The maximum Gasteiger partial charge on any atom is 0.311 e. The highest BCUT2D eigenvalue weighted by atomic mass is 35.5. The second-order valence-corrected chi connectivity index (χ2v) is 7.74. The van der Waals surface area contributed by atoms with E-state index in [0.717, 1.165) is 37.7 Å². The second-order valence-electron chi connectivity index (χ2n) is 7.36. The van der Waals surface area contributed by atoms with Gasteiger partial charge in [-0.1, -0.05) is 6.92 Å². The van der Waals surface area contributed by atoms with Crippen LogP contribution in [0.1, 0.15) is 36.5 Å². The summed E-state index contributed by atoms with van der Waals surface area (Å²) in [4.78, 5) is 30.0. The monoisotopic (exact) mass is 432 g/mol. The van der Waals surface area contributed by atoms with Crippen LogP contribution in [0.15, 0.2) is 36.5 Å². The quantitative estimate of drug-likeness (QED) is 0.286. The number of halogens is 1. The Bertz CT molecular complexity index is 883. The van der Waals surface area contributed by atoms with E-state index in [0.29, 0.717) is 18.0 Å². The first-order chi connectivity index (χ1) is 14.5. The predicted molar refractivity (Wildman–Crippen MR) is 117 cm³/mol. The first-order valence-electron chi connectivity index (χ1n) is 9.97. The first kappa shape index (κ1) is 21.8. The van der Waals surface area contributed by atoms with Crippen LogP contribution in [0.4, 0.5) is 17.2 Å². The van der Waals surface area contributed by atoms with Crippen molar-refractivity contribution < 1.29 is 14.5 Å². The summed E-state index contributed by atoms with van der Waals surface area (Å²) in [6.45, 7) is 4.47. The zero-order chi connectivity index (χ0) is 21.5. The molecule has 0 atom stereocenters. The van der Waals surface area contributed by atoms with E-state index in [1.807, 2.05) is 6.07 Å². The fourth-order valence-corrected chi connectivity index (χ4v) is 3.36. The standard InChI is InChI=1S/C21H25ClN4O4/c1-15-7-10-25(11-8-15)20-6-4-17(14-23-20)24-21(27)16-3-5-19(30-12-2-9-22)18(13-16)26(28)29/h3-6,13-15H,2,7-12H2,1H3,(H,24,27). The molecule has 1 aliphatic heterocycles. The Balaban J connectivity index is 1.66. The summed E-state index contributed by atoms with van der Waals surface area (Å²) in [5.74, 6) is 1.68. The van der Waals surface area contributed by atoms with Crippen LogP contribution in [-0.2, 0) is 0 Å². The van der Waals surface area contributed by atoms with Gasteiger partial charge in [-0.25, -0.2) is 4.98 Å². The van der Waals surface area contributed by atoms with Gasteiger partial charge in [-0.05, 0) is 49.4 Å². The summed E-state index contributed by atoms with van der Waals surface area (Å²) in [6.07, 6.45) is 4.46. The van der Waals surface area contributed by atoms with Crippen molar-refractivity contribution in [3.63, 3.8) is 0 Å².